The van der Waals surface area contributed by atoms with Gasteiger partial charge in [0.05, 0.1) is 30.1 Å². The van der Waals surface area contributed by atoms with Gasteiger partial charge in [0.2, 0.25) is 10.0 Å². The minimum Gasteiger partial charge on any atom is -0.481 e. The lowest BCUT2D eigenvalue weighted by molar-refractivity contribution is -0.142. The van der Waals surface area contributed by atoms with Crippen molar-refractivity contribution < 1.29 is 23.1 Å². The molecule has 1 fully saturated rings. The Morgan fingerprint density at radius 3 is 2.57 bits per heavy atom. The van der Waals surface area contributed by atoms with Crippen molar-refractivity contribution >= 4 is 16.0 Å². The maximum absolute atomic E-state index is 12.8. The summed E-state index contributed by atoms with van der Waals surface area (Å²) in [5.74, 6) is -1.85. The number of carbonyl (C=O) groups is 1. The van der Waals surface area contributed by atoms with Gasteiger partial charge < -0.3 is 9.84 Å². The van der Waals surface area contributed by atoms with Gasteiger partial charge in [-0.05, 0) is 18.6 Å². The van der Waals surface area contributed by atoms with Crippen LogP contribution in [0.3, 0.4) is 0 Å². The van der Waals surface area contributed by atoms with Gasteiger partial charge >= 0.3 is 5.97 Å². The molecule has 0 aromatic heterocycles. The van der Waals surface area contributed by atoms with Gasteiger partial charge in [-0.15, -0.1) is 0 Å². The average Bonchev–Trinajstić information content (AvgIpc) is 2.94. The Kier molecular flexibility index (Phi) is 4.97. The Balaban J connectivity index is 2.37. The summed E-state index contributed by atoms with van der Waals surface area (Å²) in [5, 5.41) is 9.24. The number of ether oxygens (including phenoxy) is 1. The molecule has 1 saturated heterocycles. The summed E-state index contributed by atoms with van der Waals surface area (Å²) in [6.07, 6.45) is 0.606. The van der Waals surface area contributed by atoms with E-state index < -0.39 is 28.0 Å². The van der Waals surface area contributed by atoms with Crippen molar-refractivity contribution in [1.82, 2.24) is 4.31 Å². The summed E-state index contributed by atoms with van der Waals surface area (Å²) in [7, 11) is -3.72. The van der Waals surface area contributed by atoms with Crippen molar-refractivity contribution in [3.8, 4) is 0 Å². The third-order valence-electron chi connectivity index (χ3n) is 3.53. The Morgan fingerprint density at radius 2 is 2.00 bits per heavy atom. The Morgan fingerprint density at radius 1 is 1.33 bits per heavy atom. The molecule has 1 heterocycles. The molecule has 116 valence electrons. The van der Waals surface area contributed by atoms with Gasteiger partial charge in [-0.3, -0.25) is 4.79 Å². The Hall–Kier alpha value is -1.44. The van der Waals surface area contributed by atoms with Crippen molar-refractivity contribution in [3.63, 3.8) is 0 Å². The molecule has 0 radical (unpaired) electrons. The second kappa shape index (κ2) is 6.55. The molecule has 0 bridgehead atoms. The fourth-order valence-corrected chi connectivity index (χ4v) is 4.23. The molecule has 2 unspecified atom stereocenters. The van der Waals surface area contributed by atoms with Gasteiger partial charge in [0.1, 0.15) is 0 Å². The number of rotatable bonds is 6. The van der Waals surface area contributed by atoms with Gasteiger partial charge in [0, 0.05) is 6.54 Å². The van der Waals surface area contributed by atoms with Crippen LogP contribution in [-0.2, 0) is 19.6 Å². The maximum atomic E-state index is 12.8. The number of sulfonamides is 1. The van der Waals surface area contributed by atoms with E-state index in [0.717, 1.165) is 0 Å². The zero-order valence-corrected chi connectivity index (χ0v) is 12.6. The van der Waals surface area contributed by atoms with Crippen molar-refractivity contribution in [1.29, 1.82) is 0 Å². The lowest BCUT2D eigenvalue weighted by atomic mass is 10.0. The lowest BCUT2D eigenvalue weighted by Crippen LogP contribution is -2.46. The highest BCUT2D eigenvalue weighted by Crippen LogP contribution is 2.26. The Labute approximate surface area is 124 Å². The predicted octanol–water partition coefficient (Wildman–Crippen LogP) is 1.19. The molecule has 1 aliphatic heterocycles. The zero-order valence-electron chi connectivity index (χ0n) is 11.8. The van der Waals surface area contributed by atoms with Crippen LogP contribution < -0.4 is 0 Å². The highest BCUT2D eigenvalue weighted by molar-refractivity contribution is 7.89. The zero-order chi connectivity index (χ0) is 15.5. The molecule has 2 rings (SSSR count). The van der Waals surface area contributed by atoms with E-state index >= 15 is 0 Å². The molecule has 0 saturated carbocycles. The van der Waals surface area contributed by atoms with Gasteiger partial charge in [-0.2, -0.15) is 4.31 Å². The minimum absolute atomic E-state index is 0.0462. The summed E-state index contributed by atoms with van der Waals surface area (Å²) in [5.41, 5.74) is 0. The van der Waals surface area contributed by atoms with E-state index in [1.807, 2.05) is 6.92 Å². The van der Waals surface area contributed by atoms with Gasteiger partial charge in [-0.25, -0.2) is 8.42 Å². The first-order chi connectivity index (χ1) is 9.98. The molecule has 0 spiro atoms. The highest BCUT2D eigenvalue weighted by atomic mass is 32.2. The van der Waals surface area contributed by atoms with E-state index in [9.17, 15) is 18.3 Å². The molecule has 0 amide bonds. The quantitative estimate of drug-likeness (QED) is 0.853. The average molecular weight is 313 g/mol. The molecular weight excluding hydrogens is 294 g/mol. The van der Waals surface area contributed by atoms with Crippen LogP contribution in [0.4, 0.5) is 0 Å². The minimum atomic E-state index is -3.72. The highest BCUT2D eigenvalue weighted by Gasteiger charge is 2.42. The summed E-state index contributed by atoms with van der Waals surface area (Å²) < 4.78 is 32.0. The first kappa shape index (κ1) is 15.9. The van der Waals surface area contributed by atoms with Crippen LogP contribution in [0, 0.1) is 5.92 Å². The van der Waals surface area contributed by atoms with Crippen LogP contribution in [0.1, 0.15) is 13.3 Å². The number of hydrogen-bond donors (Lipinski definition) is 1. The molecule has 7 heteroatoms. The van der Waals surface area contributed by atoms with Gasteiger partial charge in [-0.1, -0.05) is 25.1 Å². The van der Waals surface area contributed by atoms with E-state index in [-0.39, 0.29) is 24.7 Å². The van der Waals surface area contributed by atoms with Gasteiger partial charge in [0.15, 0.2) is 0 Å². The fraction of sp³-hybridized carbons (Fsp3) is 0.500. The third kappa shape index (κ3) is 3.25. The van der Waals surface area contributed by atoms with Crippen molar-refractivity contribution in [2.45, 2.75) is 24.3 Å². The molecule has 1 aromatic carbocycles. The van der Waals surface area contributed by atoms with Crippen LogP contribution in [0.15, 0.2) is 35.2 Å². The fourth-order valence-electron chi connectivity index (χ4n) is 2.48. The van der Waals surface area contributed by atoms with E-state index in [1.54, 1.807) is 18.2 Å². The van der Waals surface area contributed by atoms with Crippen LogP contribution in [0.2, 0.25) is 0 Å². The van der Waals surface area contributed by atoms with Crippen molar-refractivity contribution in [2.75, 3.05) is 19.8 Å². The van der Waals surface area contributed by atoms with E-state index in [0.29, 0.717) is 6.42 Å². The van der Waals surface area contributed by atoms with Crippen molar-refractivity contribution in [2.24, 2.45) is 5.92 Å². The molecule has 1 aliphatic rings. The summed E-state index contributed by atoms with van der Waals surface area (Å²) in [6, 6.07) is 7.41. The number of hydrogen-bond acceptors (Lipinski definition) is 4. The second-order valence-corrected chi connectivity index (χ2v) is 6.87. The van der Waals surface area contributed by atoms with Crippen LogP contribution in [0.5, 0.6) is 0 Å². The summed E-state index contributed by atoms with van der Waals surface area (Å²) in [6.45, 7) is 2.29. The molecule has 2 atom stereocenters. The van der Waals surface area contributed by atoms with Crippen LogP contribution in [-0.4, -0.2) is 49.6 Å². The topological polar surface area (TPSA) is 83.9 Å². The largest absolute Gasteiger partial charge is 0.481 e. The monoisotopic (exact) mass is 313 g/mol. The second-order valence-electron chi connectivity index (χ2n) is 4.98. The van der Waals surface area contributed by atoms with E-state index in [1.165, 1.54) is 16.4 Å². The number of benzene rings is 1. The summed E-state index contributed by atoms with van der Waals surface area (Å²) >= 11 is 0. The van der Waals surface area contributed by atoms with Crippen molar-refractivity contribution in [3.05, 3.63) is 30.3 Å². The molecule has 6 nitrogen and oxygen atoms in total. The van der Waals surface area contributed by atoms with Gasteiger partial charge in [0.25, 0.3) is 0 Å². The lowest BCUT2D eigenvalue weighted by Gasteiger charge is -2.29. The SMILES string of the molecule is CCCN(C1COCC1C(=O)O)S(=O)(=O)c1ccccc1. The number of aliphatic carboxylic acids is 1. The molecule has 21 heavy (non-hydrogen) atoms. The third-order valence-corrected chi connectivity index (χ3v) is 5.47. The Bertz CT molecular complexity index is 587. The standard InChI is InChI=1S/C14H19NO5S/c1-2-8-15(13-10-20-9-12(13)14(16)17)21(18,19)11-6-4-3-5-7-11/h3-7,12-13H,2,8-10H2,1H3,(H,16,17). The smallest absolute Gasteiger partial charge is 0.310 e. The normalized spacial score (nSPS) is 22.6. The molecular formula is C14H19NO5S. The molecule has 1 aromatic rings. The summed E-state index contributed by atoms with van der Waals surface area (Å²) in [4.78, 5) is 11.5. The number of nitrogens with zero attached hydrogens (tertiary/aromatic N) is 1. The van der Waals surface area contributed by atoms with E-state index in [4.69, 9.17) is 4.74 Å². The molecule has 1 N–H and O–H groups in total. The van der Waals surface area contributed by atoms with Crippen LogP contribution >= 0.6 is 0 Å². The predicted molar refractivity (Wildman–Crippen MR) is 76.4 cm³/mol. The number of carboxylic acid groups (broad SMARTS) is 1. The number of carboxylic acids is 1. The first-order valence-corrected chi connectivity index (χ1v) is 8.30. The molecule has 0 aliphatic carbocycles. The maximum Gasteiger partial charge on any atom is 0.310 e. The first-order valence-electron chi connectivity index (χ1n) is 6.86. The van der Waals surface area contributed by atoms with Crippen LogP contribution in [0.25, 0.3) is 0 Å². The van der Waals surface area contributed by atoms with E-state index in [2.05, 4.69) is 0 Å².